The standard InChI is InChI=1S/C19H18F2N2O2/c20-15-7-4-8-16(21)18(15)23-12-14(11-17(23)24)19(25)22-10-9-13-5-2-1-3-6-13/h1-8,14H,9-12H2,(H,22,25). The van der Waals surface area contributed by atoms with Gasteiger partial charge in [0.05, 0.1) is 5.92 Å². The first-order valence-corrected chi connectivity index (χ1v) is 8.12. The fourth-order valence-corrected chi connectivity index (χ4v) is 2.97. The highest BCUT2D eigenvalue weighted by molar-refractivity contribution is 6.00. The van der Waals surface area contributed by atoms with Crippen molar-refractivity contribution in [2.75, 3.05) is 18.0 Å². The Bertz CT molecular complexity index is 760. The monoisotopic (exact) mass is 344 g/mol. The summed E-state index contributed by atoms with van der Waals surface area (Å²) in [5.74, 6) is -2.95. The normalized spacial score (nSPS) is 17.0. The number of nitrogens with one attached hydrogen (secondary N) is 1. The van der Waals surface area contributed by atoms with Crippen LogP contribution in [0.4, 0.5) is 14.5 Å². The second kappa shape index (κ2) is 7.42. The molecule has 0 saturated carbocycles. The number of rotatable bonds is 5. The quantitative estimate of drug-likeness (QED) is 0.907. The average molecular weight is 344 g/mol. The lowest BCUT2D eigenvalue weighted by Crippen LogP contribution is -2.34. The third-order valence-corrected chi connectivity index (χ3v) is 4.26. The van der Waals surface area contributed by atoms with Gasteiger partial charge in [-0.1, -0.05) is 36.4 Å². The molecular weight excluding hydrogens is 326 g/mol. The zero-order valence-corrected chi connectivity index (χ0v) is 13.5. The van der Waals surface area contributed by atoms with Gasteiger partial charge in [-0.15, -0.1) is 0 Å². The molecule has 2 aromatic rings. The molecule has 6 heteroatoms. The van der Waals surface area contributed by atoms with E-state index in [-0.39, 0.29) is 24.6 Å². The Hall–Kier alpha value is -2.76. The van der Waals surface area contributed by atoms with Crippen LogP contribution in [0.15, 0.2) is 48.5 Å². The molecule has 1 aliphatic heterocycles. The van der Waals surface area contributed by atoms with Crippen LogP contribution >= 0.6 is 0 Å². The summed E-state index contributed by atoms with van der Waals surface area (Å²) in [5, 5.41) is 2.79. The highest BCUT2D eigenvalue weighted by Crippen LogP contribution is 2.29. The lowest BCUT2D eigenvalue weighted by atomic mass is 10.1. The number of anilines is 1. The number of hydrogen-bond acceptors (Lipinski definition) is 2. The molecule has 4 nitrogen and oxygen atoms in total. The van der Waals surface area contributed by atoms with Crippen molar-refractivity contribution in [3.63, 3.8) is 0 Å². The predicted molar refractivity (Wildman–Crippen MR) is 90.0 cm³/mol. The van der Waals surface area contributed by atoms with Gasteiger partial charge in [-0.25, -0.2) is 8.78 Å². The summed E-state index contributed by atoms with van der Waals surface area (Å²) >= 11 is 0. The fourth-order valence-electron chi connectivity index (χ4n) is 2.97. The minimum absolute atomic E-state index is 0.0200. The summed E-state index contributed by atoms with van der Waals surface area (Å²) in [6.07, 6.45) is 0.629. The molecule has 3 rings (SSSR count). The fraction of sp³-hybridized carbons (Fsp3) is 0.263. The third-order valence-electron chi connectivity index (χ3n) is 4.26. The highest BCUT2D eigenvalue weighted by atomic mass is 19.1. The first-order valence-electron chi connectivity index (χ1n) is 8.12. The lowest BCUT2D eigenvalue weighted by molar-refractivity contribution is -0.126. The van der Waals surface area contributed by atoms with E-state index in [2.05, 4.69) is 5.32 Å². The van der Waals surface area contributed by atoms with E-state index in [4.69, 9.17) is 0 Å². The first kappa shape index (κ1) is 17.1. The molecule has 0 aliphatic carbocycles. The molecule has 1 fully saturated rings. The molecule has 1 saturated heterocycles. The van der Waals surface area contributed by atoms with Gasteiger partial charge in [0, 0.05) is 19.5 Å². The summed E-state index contributed by atoms with van der Waals surface area (Å²) in [7, 11) is 0. The number of carbonyl (C=O) groups excluding carboxylic acids is 2. The van der Waals surface area contributed by atoms with Crippen molar-refractivity contribution < 1.29 is 18.4 Å². The molecule has 1 atom stereocenters. The molecule has 0 bridgehead atoms. The van der Waals surface area contributed by atoms with Crippen molar-refractivity contribution in [3.8, 4) is 0 Å². The molecule has 0 spiro atoms. The van der Waals surface area contributed by atoms with E-state index >= 15 is 0 Å². The molecule has 2 aromatic carbocycles. The molecule has 130 valence electrons. The first-order chi connectivity index (χ1) is 12.1. The molecule has 0 aromatic heterocycles. The summed E-state index contributed by atoms with van der Waals surface area (Å²) in [6.45, 7) is 0.426. The smallest absolute Gasteiger partial charge is 0.228 e. The van der Waals surface area contributed by atoms with Crippen LogP contribution in [0.3, 0.4) is 0 Å². The van der Waals surface area contributed by atoms with E-state index in [1.54, 1.807) is 0 Å². The summed E-state index contributed by atoms with van der Waals surface area (Å²) in [4.78, 5) is 25.4. The van der Waals surface area contributed by atoms with Gasteiger partial charge in [0.1, 0.15) is 17.3 Å². The van der Waals surface area contributed by atoms with Crippen molar-refractivity contribution in [1.82, 2.24) is 5.32 Å². The van der Waals surface area contributed by atoms with E-state index in [0.717, 1.165) is 22.6 Å². The largest absolute Gasteiger partial charge is 0.355 e. The van der Waals surface area contributed by atoms with Crippen molar-refractivity contribution >= 4 is 17.5 Å². The molecule has 2 amide bonds. The Balaban J connectivity index is 1.59. The number of halogens is 2. The molecule has 1 unspecified atom stereocenters. The topological polar surface area (TPSA) is 49.4 Å². The number of hydrogen-bond donors (Lipinski definition) is 1. The van der Waals surface area contributed by atoms with E-state index in [1.165, 1.54) is 6.07 Å². The maximum Gasteiger partial charge on any atom is 0.228 e. The van der Waals surface area contributed by atoms with Crippen molar-refractivity contribution in [3.05, 3.63) is 65.7 Å². The number of carbonyl (C=O) groups is 2. The van der Waals surface area contributed by atoms with Crippen LogP contribution in [0, 0.1) is 17.6 Å². The van der Waals surface area contributed by atoms with Crippen LogP contribution in [0.2, 0.25) is 0 Å². The Morgan fingerprint density at radius 3 is 2.44 bits per heavy atom. The van der Waals surface area contributed by atoms with Gasteiger partial charge < -0.3 is 10.2 Å². The van der Waals surface area contributed by atoms with Gasteiger partial charge in [-0.3, -0.25) is 9.59 Å². The van der Waals surface area contributed by atoms with Gasteiger partial charge in [-0.2, -0.15) is 0 Å². The molecule has 1 heterocycles. The minimum atomic E-state index is -0.807. The highest BCUT2D eigenvalue weighted by Gasteiger charge is 2.37. The molecule has 1 aliphatic rings. The minimum Gasteiger partial charge on any atom is -0.355 e. The number of amides is 2. The Labute approximate surface area is 144 Å². The van der Waals surface area contributed by atoms with E-state index in [0.29, 0.717) is 13.0 Å². The maximum atomic E-state index is 13.9. The molecular formula is C19H18F2N2O2. The molecule has 25 heavy (non-hydrogen) atoms. The number of nitrogens with zero attached hydrogens (tertiary/aromatic N) is 1. The van der Waals surface area contributed by atoms with Crippen LogP contribution in [0.1, 0.15) is 12.0 Å². The molecule has 1 N–H and O–H groups in total. The summed E-state index contributed by atoms with van der Waals surface area (Å²) < 4.78 is 27.7. The predicted octanol–water partition coefficient (Wildman–Crippen LogP) is 2.68. The molecule has 0 radical (unpaired) electrons. The lowest BCUT2D eigenvalue weighted by Gasteiger charge is -2.18. The average Bonchev–Trinajstić information content (AvgIpc) is 2.97. The van der Waals surface area contributed by atoms with E-state index in [1.807, 2.05) is 30.3 Å². The van der Waals surface area contributed by atoms with Gasteiger partial charge in [0.2, 0.25) is 11.8 Å². The second-order valence-electron chi connectivity index (χ2n) is 6.00. The van der Waals surface area contributed by atoms with Crippen molar-refractivity contribution in [2.24, 2.45) is 5.92 Å². The van der Waals surface area contributed by atoms with Crippen LogP contribution in [0.5, 0.6) is 0 Å². The second-order valence-corrected chi connectivity index (χ2v) is 6.00. The van der Waals surface area contributed by atoms with Gasteiger partial charge in [0.15, 0.2) is 0 Å². The zero-order valence-electron chi connectivity index (χ0n) is 13.5. The van der Waals surface area contributed by atoms with Gasteiger partial charge in [-0.05, 0) is 24.1 Å². The number of benzene rings is 2. The van der Waals surface area contributed by atoms with Gasteiger partial charge in [0.25, 0.3) is 0 Å². The SMILES string of the molecule is O=C(NCCc1ccccc1)C1CC(=O)N(c2c(F)cccc2F)C1. The Morgan fingerprint density at radius 2 is 1.76 bits per heavy atom. The Kier molecular flexibility index (Phi) is 5.07. The van der Waals surface area contributed by atoms with E-state index < -0.39 is 23.5 Å². The van der Waals surface area contributed by atoms with Crippen LogP contribution in [0.25, 0.3) is 0 Å². The summed E-state index contributed by atoms with van der Waals surface area (Å²) in [5.41, 5.74) is 0.715. The zero-order chi connectivity index (χ0) is 17.8. The third kappa shape index (κ3) is 3.84. The van der Waals surface area contributed by atoms with Crippen LogP contribution in [-0.4, -0.2) is 24.9 Å². The van der Waals surface area contributed by atoms with Crippen molar-refractivity contribution in [1.29, 1.82) is 0 Å². The van der Waals surface area contributed by atoms with Crippen molar-refractivity contribution in [2.45, 2.75) is 12.8 Å². The summed E-state index contributed by atoms with van der Waals surface area (Å²) in [6, 6.07) is 13.1. The maximum absolute atomic E-state index is 13.9. The van der Waals surface area contributed by atoms with Gasteiger partial charge >= 0.3 is 0 Å². The van der Waals surface area contributed by atoms with E-state index in [9.17, 15) is 18.4 Å². The number of para-hydroxylation sites is 1. The van der Waals surface area contributed by atoms with Crippen LogP contribution < -0.4 is 10.2 Å². The van der Waals surface area contributed by atoms with Crippen LogP contribution in [-0.2, 0) is 16.0 Å². The Morgan fingerprint density at radius 1 is 1.08 bits per heavy atom.